The van der Waals surface area contributed by atoms with Crippen molar-refractivity contribution in [2.45, 2.75) is 13.8 Å². The summed E-state index contributed by atoms with van der Waals surface area (Å²) in [6.07, 6.45) is 6.10. The highest BCUT2D eigenvalue weighted by Gasteiger charge is 2.35. The summed E-state index contributed by atoms with van der Waals surface area (Å²) in [5, 5.41) is 2.19. The van der Waals surface area contributed by atoms with E-state index in [2.05, 4.69) is 72.9 Å². The van der Waals surface area contributed by atoms with E-state index in [9.17, 15) is 0 Å². The molecule has 0 aliphatic carbocycles. The van der Waals surface area contributed by atoms with Crippen molar-refractivity contribution in [3.05, 3.63) is 52.9 Å². The highest BCUT2D eigenvalue weighted by atomic mass is 16.3. The van der Waals surface area contributed by atoms with E-state index in [1.54, 1.807) is 6.20 Å². The molecule has 0 radical (unpaired) electrons. The lowest BCUT2D eigenvalue weighted by molar-refractivity contribution is -0.654. The van der Waals surface area contributed by atoms with Gasteiger partial charge in [-0.15, -0.1) is 0 Å². The standard InChI is InChI=1S/C18H19BN3O/c1-12-7-8-16(21(3)10-12)19-13(2)17-15(11-22(19)4)14-6-5-9-20-18(14)23-17/h5-11H,1-4H3/q+1. The van der Waals surface area contributed by atoms with E-state index in [1.165, 1.54) is 16.6 Å². The molecule has 0 aromatic carbocycles. The first kappa shape index (κ1) is 14.1. The number of hydrogen-bond donors (Lipinski definition) is 0. The van der Waals surface area contributed by atoms with E-state index in [0.29, 0.717) is 5.71 Å². The molecule has 0 spiro atoms. The van der Waals surface area contributed by atoms with Crippen LogP contribution in [0.5, 0.6) is 0 Å². The average molecular weight is 304 g/mol. The van der Waals surface area contributed by atoms with Crippen molar-refractivity contribution < 1.29 is 8.98 Å². The number of nitrogens with zero attached hydrogens (tertiary/aromatic N) is 3. The molecule has 0 bridgehead atoms. The van der Waals surface area contributed by atoms with Crippen molar-refractivity contribution in [3.8, 4) is 0 Å². The Morgan fingerprint density at radius 2 is 2.04 bits per heavy atom. The lowest BCUT2D eigenvalue weighted by Gasteiger charge is -2.24. The first-order valence-corrected chi connectivity index (χ1v) is 7.80. The van der Waals surface area contributed by atoms with Gasteiger partial charge in [0.15, 0.2) is 11.8 Å². The number of fused-ring (bicyclic) bond motifs is 3. The number of hydrogen-bond acceptors (Lipinski definition) is 3. The van der Waals surface area contributed by atoms with Crippen molar-refractivity contribution >= 4 is 35.2 Å². The molecule has 0 fully saturated rings. The molecular weight excluding hydrogens is 285 g/mol. The number of furan rings is 1. The molecule has 0 amide bonds. The predicted octanol–water partition coefficient (Wildman–Crippen LogP) is 0.253. The van der Waals surface area contributed by atoms with Crippen LogP contribution in [0.25, 0.3) is 22.8 Å². The summed E-state index contributed by atoms with van der Waals surface area (Å²) in [6.45, 7) is 4.42. The minimum atomic E-state index is 0.161. The summed E-state index contributed by atoms with van der Waals surface area (Å²) in [6, 6.07) is 8.37. The van der Waals surface area contributed by atoms with Crippen molar-refractivity contribution in [2.24, 2.45) is 7.05 Å². The molecule has 0 saturated heterocycles. The molecule has 0 atom stereocenters. The fraction of sp³-hybridized carbons (Fsp3) is 0.222. The molecule has 0 saturated carbocycles. The third-order valence-corrected chi connectivity index (χ3v) is 4.61. The summed E-state index contributed by atoms with van der Waals surface area (Å²) in [5.74, 6) is 0. The molecule has 23 heavy (non-hydrogen) atoms. The summed E-state index contributed by atoms with van der Waals surface area (Å²) in [4.78, 5) is 6.60. The summed E-state index contributed by atoms with van der Waals surface area (Å²) in [5.41, 5.74) is 5.36. The Morgan fingerprint density at radius 1 is 1.22 bits per heavy atom. The minimum Gasteiger partial charge on any atom is -0.438 e. The van der Waals surface area contributed by atoms with E-state index in [1.807, 2.05) is 6.07 Å². The van der Waals surface area contributed by atoms with Crippen LogP contribution in [0, 0.1) is 6.92 Å². The lowest BCUT2D eigenvalue weighted by atomic mass is 9.50. The van der Waals surface area contributed by atoms with Gasteiger partial charge in [-0.3, -0.25) is 0 Å². The van der Waals surface area contributed by atoms with Gasteiger partial charge in [-0.25, -0.2) is 9.55 Å². The maximum atomic E-state index is 6.05. The van der Waals surface area contributed by atoms with Crippen molar-refractivity contribution in [1.29, 1.82) is 0 Å². The molecule has 114 valence electrons. The quantitative estimate of drug-likeness (QED) is 0.477. The lowest BCUT2D eigenvalue weighted by Crippen LogP contribution is -2.62. The Kier molecular flexibility index (Phi) is 3.05. The molecule has 0 unspecified atom stereocenters. The van der Waals surface area contributed by atoms with E-state index in [-0.39, 0.29) is 6.85 Å². The molecule has 1 aliphatic rings. The summed E-state index contributed by atoms with van der Waals surface area (Å²) < 4.78 is 8.25. The van der Waals surface area contributed by atoms with Crippen LogP contribution >= 0.6 is 0 Å². The summed E-state index contributed by atoms with van der Waals surface area (Å²) in [7, 11) is 4.21. The van der Waals surface area contributed by atoms with Gasteiger partial charge in [0.25, 0.3) is 0 Å². The fourth-order valence-electron chi connectivity index (χ4n) is 3.55. The maximum Gasteiger partial charge on any atom is 0.402 e. The van der Waals surface area contributed by atoms with Crippen molar-refractivity contribution in [3.63, 3.8) is 0 Å². The van der Waals surface area contributed by atoms with Crippen LogP contribution in [0.15, 0.2) is 41.1 Å². The minimum absolute atomic E-state index is 0.161. The van der Waals surface area contributed by atoms with E-state index < -0.39 is 0 Å². The molecular formula is C18H19BN3O+. The van der Waals surface area contributed by atoms with E-state index in [4.69, 9.17) is 4.42 Å². The van der Waals surface area contributed by atoms with E-state index >= 15 is 0 Å². The van der Waals surface area contributed by atoms with Gasteiger partial charge in [-0.2, -0.15) is 0 Å². The smallest absolute Gasteiger partial charge is 0.402 e. The second-order valence-electron chi connectivity index (χ2n) is 6.32. The van der Waals surface area contributed by atoms with Crippen LogP contribution in [0.4, 0.5) is 0 Å². The number of aryl methyl sites for hydroxylation is 2. The van der Waals surface area contributed by atoms with Crippen LogP contribution in [-0.2, 0) is 7.05 Å². The van der Waals surface area contributed by atoms with Gasteiger partial charge < -0.3 is 9.23 Å². The zero-order valence-corrected chi connectivity index (χ0v) is 13.9. The van der Waals surface area contributed by atoms with Crippen LogP contribution < -0.4 is 20.8 Å². The number of rotatable bonds is 1. The highest BCUT2D eigenvalue weighted by Crippen LogP contribution is 2.11. The number of aromatic nitrogens is 2. The Labute approximate surface area is 135 Å². The zero-order valence-electron chi connectivity index (χ0n) is 13.9. The van der Waals surface area contributed by atoms with Gasteiger partial charge in [0, 0.05) is 22.4 Å². The van der Waals surface area contributed by atoms with Crippen molar-refractivity contribution in [1.82, 2.24) is 9.79 Å². The van der Waals surface area contributed by atoms with Gasteiger partial charge in [-0.1, -0.05) is 0 Å². The maximum absolute atomic E-state index is 6.05. The second kappa shape index (κ2) is 4.98. The average Bonchev–Trinajstić information content (AvgIpc) is 2.88. The van der Waals surface area contributed by atoms with Crippen molar-refractivity contribution in [2.75, 3.05) is 7.05 Å². The first-order valence-electron chi connectivity index (χ1n) is 7.80. The first-order chi connectivity index (χ1) is 11.1. The predicted molar refractivity (Wildman–Crippen MR) is 92.3 cm³/mol. The molecule has 4 heterocycles. The SMILES string of the molecule is CC1=c2oc3ncccc3c2=CN(C)B1c1ccc(C)c[n+]1C. The van der Waals surface area contributed by atoms with Gasteiger partial charge in [-0.05, 0) is 56.8 Å². The monoisotopic (exact) mass is 304 g/mol. The van der Waals surface area contributed by atoms with Gasteiger partial charge in [0.05, 0.1) is 0 Å². The Morgan fingerprint density at radius 3 is 2.83 bits per heavy atom. The molecule has 3 aromatic heterocycles. The Bertz CT molecular complexity index is 1040. The molecule has 3 aromatic rings. The molecule has 4 rings (SSSR count). The van der Waals surface area contributed by atoms with Crippen LogP contribution in [0.1, 0.15) is 12.5 Å². The Hall–Kier alpha value is -2.56. The van der Waals surface area contributed by atoms with Gasteiger partial charge in [0.2, 0.25) is 5.71 Å². The number of pyridine rings is 2. The fourth-order valence-corrected chi connectivity index (χ4v) is 3.55. The zero-order chi connectivity index (χ0) is 16.1. The molecule has 5 heteroatoms. The topological polar surface area (TPSA) is 33.2 Å². The molecule has 0 N–H and O–H groups in total. The third kappa shape index (κ3) is 2.07. The Balaban J connectivity index is 2.01. The van der Waals surface area contributed by atoms with Crippen LogP contribution in [0.3, 0.4) is 0 Å². The molecule has 1 aliphatic heterocycles. The van der Waals surface area contributed by atoms with Crippen LogP contribution in [-0.4, -0.2) is 23.7 Å². The molecule has 4 nitrogen and oxygen atoms in total. The second-order valence-corrected chi connectivity index (χ2v) is 6.32. The van der Waals surface area contributed by atoms with Gasteiger partial charge in [0.1, 0.15) is 12.5 Å². The normalized spacial score (nSPS) is 14.2. The highest BCUT2D eigenvalue weighted by molar-refractivity contribution is 6.85. The van der Waals surface area contributed by atoms with E-state index in [0.717, 1.165) is 16.0 Å². The van der Waals surface area contributed by atoms with Crippen LogP contribution in [0.2, 0.25) is 0 Å². The largest absolute Gasteiger partial charge is 0.438 e. The summed E-state index contributed by atoms with van der Waals surface area (Å²) >= 11 is 0. The third-order valence-electron chi connectivity index (χ3n) is 4.61. The van der Waals surface area contributed by atoms with Gasteiger partial charge >= 0.3 is 6.85 Å².